The Kier molecular flexibility index (Phi) is 5.20. The van der Waals surface area contributed by atoms with Gasteiger partial charge in [0.2, 0.25) is 0 Å². The lowest BCUT2D eigenvalue weighted by Gasteiger charge is -2.30. The molecule has 0 bridgehead atoms. The van der Waals surface area contributed by atoms with E-state index >= 15 is 0 Å². The third-order valence-electron chi connectivity index (χ3n) is 5.99. The molecule has 4 rings (SSSR count). The van der Waals surface area contributed by atoms with Crippen molar-refractivity contribution in [3.8, 4) is 0 Å². The van der Waals surface area contributed by atoms with Crippen LogP contribution < -0.4 is 5.32 Å². The van der Waals surface area contributed by atoms with Gasteiger partial charge in [0.1, 0.15) is 0 Å². The summed E-state index contributed by atoms with van der Waals surface area (Å²) in [5.41, 5.74) is 3.08. The summed E-state index contributed by atoms with van der Waals surface area (Å²) in [6.07, 6.45) is 4.87. The lowest BCUT2D eigenvalue weighted by atomic mass is 9.99. The van der Waals surface area contributed by atoms with Crippen LogP contribution in [-0.4, -0.2) is 39.4 Å². The zero-order valence-electron chi connectivity index (χ0n) is 16.7. The minimum atomic E-state index is -0.230. The summed E-state index contributed by atoms with van der Waals surface area (Å²) in [5.74, 6) is 0.823. The molecule has 0 spiro atoms. The molecule has 1 fully saturated rings. The molecular formula is C22H28N4O2. The van der Waals surface area contributed by atoms with E-state index in [1.807, 2.05) is 40.7 Å². The van der Waals surface area contributed by atoms with Crippen molar-refractivity contribution in [3.63, 3.8) is 0 Å². The maximum atomic E-state index is 13.1. The van der Waals surface area contributed by atoms with Crippen LogP contribution in [0.2, 0.25) is 0 Å². The molecule has 1 aromatic carbocycles. The molecule has 28 heavy (non-hydrogen) atoms. The molecule has 1 aromatic heterocycles. The smallest absolute Gasteiger partial charge is 0.289 e. The van der Waals surface area contributed by atoms with Gasteiger partial charge in [0, 0.05) is 25.3 Å². The number of aryl methyl sites for hydroxylation is 1. The number of hydrogen-bond donors (Lipinski definition) is 1. The number of anilines is 1. The molecule has 2 aliphatic heterocycles. The normalized spacial score (nSPS) is 17.3. The first kappa shape index (κ1) is 18.7. The number of imidazole rings is 1. The van der Waals surface area contributed by atoms with Crippen molar-refractivity contribution in [1.82, 2.24) is 14.5 Å². The number of piperidine rings is 1. The summed E-state index contributed by atoms with van der Waals surface area (Å²) in [6.45, 7) is 6.49. The van der Waals surface area contributed by atoms with Crippen molar-refractivity contribution in [2.24, 2.45) is 5.92 Å². The van der Waals surface area contributed by atoms with Crippen molar-refractivity contribution in [1.29, 1.82) is 0 Å². The van der Waals surface area contributed by atoms with E-state index in [2.05, 4.69) is 17.2 Å². The van der Waals surface area contributed by atoms with E-state index in [1.165, 1.54) is 0 Å². The van der Waals surface area contributed by atoms with Crippen LogP contribution in [0, 0.1) is 12.8 Å². The van der Waals surface area contributed by atoms with Gasteiger partial charge in [-0.2, -0.15) is 0 Å². The highest BCUT2D eigenvalue weighted by Gasteiger charge is 2.31. The molecule has 0 atom stereocenters. The summed E-state index contributed by atoms with van der Waals surface area (Å²) in [5, 5.41) is 2.97. The van der Waals surface area contributed by atoms with Crippen LogP contribution in [0.5, 0.6) is 0 Å². The largest absolute Gasteiger partial charge is 0.336 e. The Labute approximate surface area is 165 Å². The number of fused-ring (bicyclic) bond motifs is 1. The first-order chi connectivity index (χ1) is 13.5. The third kappa shape index (κ3) is 3.55. The molecule has 148 valence electrons. The van der Waals surface area contributed by atoms with Gasteiger partial charge in [0.25, 0.3) is 11.8 Å². The molecule has 0 radical (unpaired) electrons. The van der Waals surface area contributed by atoms with E-state index in [-0.39, 0.29) is 11.8 Å². The van der Waals surface area contributed by atoms with Crippen LogP contribution in [0.15, 0.2) is 24.3 Å². The minimum Gasteiger partial charge on any atom is -0.336 e. The van der Waals surface area contributed by atoms with E-state index in [9.17, 15) is 9.59 Å². The number of benzene rings is 1. The van der Waals surface area contributed by atoms with Gasteiger partial charge >= 0.3 is 0 Å². The quantitative estimate of drug-likeness (QED) is 0.884. The molecule has 1 N–H and O–H groups in total. The Hall–Kier alpha value is -2.63. The fourth-order valence-electron chi connectivity index (χ4n) is 4.14. The van der Waals surface area contributed by atoms with E-state index in [0.29, 0.717) is 17.4 Å². The summed E-state index contributed by atoms with van der Waals surface area (Å²) in [6, 6.07) is 7.69. The zero-order chi connectivity index (χ0) is 19.7. The molecule has 0 unspecified atom stereocenters. The van der Waals surface area contributed by atoms with E-state index in [0.717, 1.165) is 68.7 Å². The number of nitrogens with one attached hydrogen (secondary N) is 1. The SMILES string of the molecule is Cc1ccccc1NC(=O)c1nc(C(=O)N2CCC(C)CC2)n2c1CCCC2. The number of rotatable bonds is 3. The number of hydrogen-bond acceptors (Lipinski definition) is 3. The van der Waals surface area contributed by atoms with Gasteiger partial charge in [0.05, 0.1) is 5.69 Å². The van der Waals surface area contributed by atoms with Crippen LogP contribution in [-0.2, 0) is 13.0 Å². The average molecular weight is 380 g/mol. The second-order valence-electron chi connectivity index (χ2n) is 8.08. The predicted octanol–water partition coefficient (Wildman–Crippen LogP) is 3.65. The fraction of sp³-hybridized carbons (Fsp3) is 0.500. The molecule has 6 heteroatoms. The Morgan fingerprint density at radius 1 is 1.11 bits per heavy atom. The van der Waals surface area contributed by atoms with Gasteiger partial charge < -0.3 is 14.8 Å². The highest BCUT2D eigenvalue weighted by Crippen LogP contribution is 2.25. The van der Waals surface area contributed by atoms with Crippen molar-refractivity contribution >= 4 is 17.5 Å². The standard InChI is InChI=1S/C22H28N4O2/c1-15-10-13-25(14-11-15)22(28)20-24-19(18-9-5-6-12-26(18)20)21(27)23-17-8-4-3-7-16(17)2/h3-4,7-8,15H,5-6,9-14H2,1-2H3,(H,23,27). The maximum absolute atomic E-state index is 13.1. The van der Waals surface area contributed by atoms with Gasteiger partial charge in [-0.25, -0.2) is 4.98 Å². The molecule has 1 saturated heterocycles. The number of amides is 2. The Morgan fingerprint density at radius 2 is 1.86 bits per heavy atom. The lowest BCUT2D eigenvalue weighted by Crippen LogP contribution is -2.39. The highest BCUT2D eigenvalue weighted by molar-refractivity contribution is 6.05. The minimum absolute atomic E-state index is 0.0370. The van der Waals surface area contributed by atoms with Gasteiger partial charge in [-0.15, -0.1) is 0 Å². The first-order valence-electron chi connectivity index (χ1n) is 10.3. The van der Waals surface area contributed by atoms with Crippen molar-refractivity contribution in [3.05, 3.63) is 47.0 Å². The topological polar surface area (TPSA) is 67.2 Å². The van der Waals surface area contributed by atoms with Crippen LogP contribution in [0.25, 0.3) is 0 Å². The third-order valence-corrected chi connectivity index (χ3v) is 5.99. The van der Waals surface area contributed by atoms with Gasteiger partial charge in [-0.05, 0) is 56.6 Å². The van der Waals surface area contributed by atoms with E-state index < -0.39 is 0 Å². The van der Waals surface area contributed by atoms with Gasteiger partial charge in [-0.3, -0.25) is 9.59 Å². The Balaban J connectivity index is 1.62. The van der Waals surface area contributed by atoms with Crippen molar-refractivity contribution in [2.45, 2.75) is 52.5 Å². The Bertz CT molecular complexity index is 894. The molecule has 0 aliphatic carbocycles. The molecule has 3 heterocycles. The second kappa shape index (κ2) is 7.78. The monoisotopic (exact) mass is 380 g/mol. The number of carbonyl (C=O) groups excluding carboxylic acids is 2. The maximum Gasteiger partial charge on any atom is 0.289 e. The van der Waals surface area contributed by atoms with Crippen molar-refractivity contribution < 1.29 is 9.59 Å². The average Bonchev–Trinajstić information content (AvgIpc) is 3.10. The number of para-hydroxylation sites is 1. The lowest BCUT2D eigenvalue weighted by molar-refractivity contribution is 0.0678. The molecule has 6 nitrogen and oxygen atoms in total. The highest BCUT2D eigenvalue weighted by atomic mass is 16.2. The molecule has 2 amide bonds. The Morgan fingerprint density at radius 3 is 2.61 bits per heavy atom. The van der Waals surface area contributed by atoms with E-state index in [4.69, 9.17) is 0 Å². The molecule has 2 aliphatic rings. The van der Waals surface area contributed by atoms with Crippen LogP contribution in [0.1, 0.15) is 65.0 Å². The fourth-order valence-corrected chi connectivity index (χ4v) is 4.14. The number of aromatic nitrogens is 2. The van der Waals surface area contributed by atoms with Gasteiger partial charge in [-0.1, -0.05) is 25.1 Å². The summed E-state index contributed by atoms with van der Waals surface area (Å²) in [4.78, 5) is 32.6. The second-order valence-corrected chi connectivity index (χ2v) is 8.08. The van der Waals surface area contributed by atoms with E-state index in [1.54, 1.807) is 0 Å². The number of likely N-dealkylation sites (tertiary alicyclic amines) is 1. The number of carbonyl (C=O) groups is 2. The summed E-state index contributed by atoms with van der Waals surface area (Å²) < 4.78 is 1.98. The van der Waals surface area contributed by atoms with Gasteiger partial charge in [0.15, 0.2) is 11.5 Å². The summed E-state index contributed by atoms with van der Waals surface area (Å²) >= 11 is 0. The molecular weight excluding hydrogens is 352 g/mol. The number of nitrogens with zero attached hydrogens (tertiary/aromatic N) is 3. The first-order valence-corrected chi connectivity index (χ1v) is 10.3. The van der Waals surface area contributed by atoms with Crippen LogP contribution in [0.4, 0.5) is 5.69 Å². The molecule has 2 aromatic rings. The zero-order valence-corrected chi connectivity index (χ0v) is 16.7. The van der Waals surface area contributed by atoms with Crippen molar-refractivity contribution in [2.75, 3.05) is 18.4 Å². The molecule has 0 saturated carbocycles. The van der Waals surface area contributed by atoms with Crippen LogP contribution >= 0.6 is 0 Å². The van der Waals surface area contributed by atoms with Crippen LogP contribution in [0.3, 0.4) is 0 Å². The summed E-state index contributed by atoms with van der Waals surface area (Å²) in [7, 11) is 0. The predicted molar refractivity (Wildman–Crippen MR) is 109 cm³/mol.